The molecule has 0 radical (unpaired) electrons. The molecule has 4 nitrogen and oxygen atoms in total. The van der Waals surface area contributed by atoms with Crippen LogP contribution in [0, 0.1) is 0 Å². The molecule has 21 heavy (non-hydrogen) atoms. The third kappa shape index (κ3) is 5.21. The van der Waals surface area contributed by atoms with Crippen molar-refractivity contribution in [2.75, 3.05) is 25.0 Å². The first-order chi connectivity index (χ1) is 9.86. The predicted octanol–water partition coefficient (Wildman–Crippen LogP) is 3.60. The number of anilines is 1. The maximum Gasteiger partial charge on any atom is 0.242 e. The van der Waals surface area contributed by atoms with E-state index in [-0.39, 0.29) is 18.4 Å². The molecule has 0 aliphatic rings. The molecule has 0 bridgehead atoms. The standard InChI is InChI=1S/C15H20Cl2N2O2/c1-4-5-8-18(3)15(21)10-19(11(2)20)14-9-12(16)6-7-13(14)17/h6-7,9H,4-5,8,10H2,1-3H3. The number of hydrogen-bond acceptors (Lipinski definition) is 2. The SMILES string of the molecule is CCCCN(C)C(=O)CN(C(C)=O)c1cc(Cl)ccc1Cl. The number of rotatable bonds is 6. The van der Waals surface area contributed by atoms with Crippen molar-refractivity contribution in [3.05, 3.63) is 28.2 Å². The molecule has 1 aromatic rings. The van der Waals surface area contributed by atoms with Crippen LogP contribution in [-0.2, 0) is 9.59 Å². The van der Waals surface area contributed by atoms with Crippen molar-refractivity contribution in [2.45, 2.75) is 26.7 Å². The van der Waals surface area contributed by atoms with Crippen LogP contribution in [0.4, 0.5) is 5.69 Å². The van der Waals surface area contributed by atoms with Crippen LogP contribution < -0.4 is 4.90 Å². The van der Waals surface area contributed by atoms with E-state index in [1.54, 1.807) is 30.1 Å². The van der Waals surface area contributed by atoms with Gasteiger partial charge in [-0.25, -0.2) is 0 Å². The lowest BCUT2D eigenvalue weighted by Crippen LogP contribution is -2.41. The van der Waals surface area contributed by atoms with Gasteiger partial charge in [-0.2, -0.15) is 0 Å². The zero-order chi connectivity index (χ0) is 16.0. The average molecular weight is 331 g/mol. The Bertz CT molecular complexity index is 520. The topological polar surface area (TPSA) is 40.6 Å². The summed E-state index contributed by atoms with van der Waals surface area (Å²) in [5.74, 6) is -0.383. The van der Waals surface area contributed by atoms with Gasteiger partial charge in [0, 0.05) is 25.5 Å². The maximum atomic E-state index is 12.2. The van der Waals surface area contributed by atoms with Gasteiger partial charge in [-0.15, -0.1) is 0 Å². The fraction of sp³-hybridized carbons (Fsp3) is 0.467. The Hall–Kier alpha value is -1.26. The van der Waals surface area contributed by atoms with Crippen LogP contribution in [0.5, 0.6) is 0 Å². The Morgan fingerprint density at radius 3 is 2.48 bits per heavy atom. The second kappa shape index (κ2) is 8.25. The normalized spacial score (nSPS) is 10.3. The van der Waals surface area contributed by atoms with Gasteiger partial charge in [0.1, 0.15) is 6.54 Å². The largest absolute Gasteiger partial charge is 0.344 e. The van der Waals surface area contributed by atoms with Crippen LogP contribution >= 0.6 is 23.2 Å². The Balaban J connectivity index is 2.90. The van der Waals surface area contributed by atoms with Crippen LogP contribution in [0.15, 0.2) is 18.2 Å². The average Bonchev–Trinajstić information content (AvgIpc) is 2.44. The van der Waals surface area contributed by atoms with Crippen molar-refractivity contribution in [3.63, 3.8) is 0 Å². The highest BCUT2D eigenvalue weighted by Gasteiger charge is 2.20. The minimum absolute atomic E-state index is 0.0460. The highest BCUT2D eigenvalue weighted by molar-refractivity contribution is 6.35. The third-order valence-electron chi connectivity index (χ3n) is 3.15. The summed E-state index contributed by atoms with van der Waals surface area (Å²) < 4.78 is 0. The van der Waals surface area contributed by atoms with Gasteiger partial charge in [-0.3, -0.25) is 9.59 Å². The van der Waals surface area contributed by atoms with Gasteiger partial charge in [-0.1, -0.05) is 36.5 Å². The summed E-state index contributed by atoms with van der Waals surface area (Å²) in [7, 11) is 1.73. The van der Waals surface area contributed by atoms with E-state index in [1.807, 2.05) is 0 Å². The van der Waals surface area contributed by atoms with Crippen LogP contribution in [0.1, 0.15) is 26.7 Å². The molecule has 1 aromatic carbocycles. The van der Waals surface area contributed by atoms with Gasteiger partial charge in [0.05, 0.1) is 10.7 Å². The predicted molar refractivity (Wildman–Crippen MR) is 87.0 cm³/mol. The molecular weight excluding hydrogens is 311 g/mol. The van der Waals surface area contributed by atoms with Crippen molar-refractivity contribution >= 4 is 40.7 Å². The molecule has 2 amide bonds. The number of carbonyl (C=O) groups is 2. The van der Waals surface area contributed by atoms with Gasteiger partial charge >= 0.3 is 0 Å². The maximum absolute atomic E-state index is 12.2. The van der Waals surface area contributed by atoms with E-state index in [1.165, 1.54) is 11.8 Å². The first kappa shape index (κ1) is 17.8. The Labute approximate surface area is 135 Å². The number of hydrogen-bond donors (Lipinski definition) is 0. The molecule has 6 heteroatoms. The summed E-state index contributed by atoms with van der Waals surface area (Å²) in [5, 5.41) is 0.853. The number of nitrogens with zero attached hydrogens (tertiary/aromatic N) is 2. The monoisotopic (exact) mass is 330 g/mol. The van der Waals surface area contributed by atoms with Crippen molar-refractivity contribution in [3.8, 4) is 0 Å². The smallest absolute Gasteiger partial charge is 0.242 e. The Morgan fingerprint density at radius 1 is 1.24 bits per heavy atom. The fourth-order valence-electron chi connectivity index (χ4n) is 1.83. The third-order valence-corrected chi connectivity index (χ3v) is 3.70. The summed E-state index contributed by atoms with van der Waals surface area (Å²) in [6, 6.07) is 4.84. The van der Waals surface area contributed by atoms with E-state index in [0.29, 0.717) is 22.3 Å². The highest BCUT2D eigenvalue weighted by atomic mass is 35.5. The minimum Gasteiger partial charge on any atom is -0.344 e. The van der Waals surface area contributed by atoms with E-state index in [9.17, 15) is 9.59 Å². The van der Waals surface area contributed by atoms with Gasteiger partial charge in [-0.05, 0) is 24.6 Å². The molecular formula is C15H20Cl2N2O2. The number of unbranched alkanes of at least 4 members (excludes halogenated alkanes) is 1. The Kier molecular flexibility index (Phi) is 6.99. The van der Waals surface area contributed by atoms with E-state index in [0.717, 1.165) is 12.8 Å². The molecule has 0 aliphatic carbocycles. The van der Waals surface area contributed by atoms with Gasteiger partial charge in [0.2, 0.25) is 11.8 Å². The molecule has 0 saturated carbocycles. The number of amides is 2. The number of carbonyl (C=O) groups excluding carboxylic acids is 2. The van der Waals surface area contributed by atoms with E-state index < -0.39 is 0 Å². The van der Waals surface area contributed by atoms with Crippen LogP contribution in [-0.4, -0.2) is 36.9 Å². The van der Waals surface area contributed by atoms with Gasteiger partial charge in [0.25, 0.3) is 0 Å². The first-order valence-electron chi connectivity index (χ1n) is 6.84. The highest BCUT2D eigenvalue weighted by Crippen LogP contribution is 2.29. The van der Waals surface area contributed by atoms with E-state index >= 15 is 0 Å². The molecule has 0 aliphatic heterocycles. The molecule has 0 atom stereocenters. The van der Waals surface area contributed by atoms with Crippen LogP contribution in [0.2, 0.25) is 10.0 Å². The fourth-order valence-corrected chi connectivity index (χ4v) is 2.22. The second-order valence-electron chi connectivity index (χ2n) is 4.87. The second-order valence-corrected chi connectivity index (χ2v) is 5.71. The molecule has 0 spiro atoms. The molecule has 0 saturated heterocycles. The molecule has 0 N–H and O–H groups in total. The van der Waals surface area contributed by atoms with Crippen molar-refractivity contribution in [1.29, 1.82) is 0 Å². The first-order valence-corrected chi connectivity index (χ1v) is 7.59. The lowest BCUT2D eigenvalue weighted by atomic mass is 10.2. The molecule has 0 aromatic heterocycles. The lowest BCUT2D eigenvalue weighted by Gasteiger charge is -2.25. The summed E-state index contributed by atoms with van der Waals surface area (Å²) in [6.45, 7) is 4.09. The number of halogens is 2. The van der Waals surface area contributed by atoms with Gasteiger partial charge < -0.3 is 9.80 Å². The minimum atomic E-state index is -0.253. The van der Waals surface area contributed by atoms with E-state index in [4.69, 9.17) is 23.2 Å². The van der Waals surface area contributed by atoms with Crippen molar-refractivity contribution < 1.29 is 9.59 Å². The molecule has 116 valence electrons. The summed E-state index contributed by atoms with van der Waals surface area (Å²) in [6.07, 6.45) is 1.94. The van der Waals surface area contributed by atoms with Crippen molar-refractivity contribution in [2.24, 2.45) is 0 Å². The number of likely N-dealkylation sites (N-methyl/N-ethyl adjacent to an activating group) is 1. The zero-order valence-electron chi connectivity index (χ0n) is 12.5. The summed E-state index contributed by atoms with van der Waals surface area (Å²) >= 11 is 12.0. The van der Waals surface area contributed by atoms with E-state index in [2.05, 4.69) is 6.92 Å². The van der Waals surface area contributed by atoms with Crippen LogP contribution in [0.3, 0.4) is 0 Å². The Morgan fingerprint density at radius 2 is 1.90 bits per heavy atom. The molecule has 0 heterocycles. The van der Waals surface area contributed by atoms with Gasteiger partial charge in [0.15, 0.2) is 0 Å². The quantitative estimate of drug-likeness (QED) is 0.799. The van der Waals surface area contributed by atoms with Crippen LogP contribution in [0.25, 0.3) is 0 Å². The molecule has 0 unspecified atom stereocenters. The molecule has 0 fully saturated rings. The number of benzene rings is 1. The zero-order valence-corrected chi connectivity index (χ0v) is 14.0. The van der Waals surface area contributed by atoms with Crippen molar-refractivity contribution in [1.82, 2.24) is 4.90 Å². The summed E-state index contributed by atoms with van der Waals surface area (Å²) in [5.41, 5.74) is 0.453. The lowest BCUT2D eigenvalue weighted by molar-refractivity contribution is -0.130. The summed E-state index contributed by atoms with van der Waals surface area (Å²) in [4.78, 5) is 27.0. The molecule has 1 rings (SSSR count).